The molecule has 1 amide bonds. The van der Waals surface area contributed by atoms with Crippen molar-refractivity contribution in [2.24, 2.45) is 5.14 Å². The van der Waals surface area contributed by atoms with E-state index in [1.54, 1.807) is 30.3 Å². The lowest BCUT2D eigenvalue weighted by Crippen LogP contribution is -2.46. The first-order valence-corrected chi connectivity index (χ1v) is 10.1. The van der Waals surface area contributed by atoms with Gasteiger partial charge in [0.05, 0.1) is 4.90 Å². The van der Waals surface area contributed by atoms with E-state index in [0.29, 0.717) is 10.6 Å². The van der Waals surface area contributed by atoms with Crippen LogP contribution in [0, 0.1) is 0 Å². The second-order valence-electron chi connectivity index (χ2n) is 6.22. The summed E-state index contributed by atoms with van der Waals surface area (Å²) in [5, 5.41) is 16.4. The molecule has 0 saturated heterocycles. The number of carbonyl (C=O) groups excluding carboxylic acids is 1. The molecule has 0 aliphatic carbocycles. The van der Waals surface area contributed by atoms with Crippen LogP contribution in [0.4, 0.5) is 6.01 Å². The Labute approximate surface area is 172 Å². The standard InChI is InChI=1S/C19H17ClN3O5S/c1-3-16(24)23(2,25)19-22-17(14-6-4-5-7-15(14)29(21,26)27)18(28-19)12-8-10-13(20)11-9-12/h3-11,25H,1H2,2H3,(H2,21,26,27)/q+1. The van der Waals surface area contributed by atoms with Gasteiger partial charge in [0.15, 0.2) is 5.76 Å². The van der Waals surface area contributed by atoms with Crippen LogP contribution in [-0.4, -0.2) is 31.6 Å². The normalized spacial score (nSPS) is 13.7. The first-order valence-electron chi connectivity index (χ1n) is 8.21. The van der Waals surface area contributed by atoms with E-state index >= 15 is 0 Å². The third-order valence-corrected chi connectivity index (χ3v) is 5.37. The van der Waals surface area contributed by atoms with Crippen molar-refractivity contribution in [1.82, 2.24) is 9.63 Å². The van der Waals surface area contributed by atoms with Crippen molar-refractivity contribution in [2.45, 2.75) is 4.90 Å². The fraction of sp³-hybridized carbons (Fsp3) is 0.0526. The summed E-state index contributed by atoms with van der Waals surface area (Å²) < 4.78 is 28.5. The molecule has 1 aromatic heterocycles. The van der Waals surface area contributed by atoms with Crippen molar-refractivity contribution in [3.8, 4) is 22.6 Å². The number of quaternary nitrogens is 1. The summed E-state index contributed by atoms with van der Waals surface area (Å²) >= 11 is 5.94. The number of oxazole rings is 1. The van der Waals surface area contributed by atoms with Crippen LogP contribution >= 0.6 is 11.6 Å². The zero-order valence-electron chi connectivity index (χ0n) is 15.2. The van der Waals surface area contributed by atoms with Crippen LogP contribution in [0.1, 0.15) is 0 Å². The molecule has 0 aliphatic rings. The number of hydrogen-bond acceptors (Lipinski definition) is 6. The minimum atomic E-state index is -4.09. The van der Waals surface area contributed by atoms with Crippen molar-refractivity contribution in [2.75, 3.05) is 7.05 Å². The predicted molar refractivity (Wildman–Crippen MR) is 108 cm³/mol. The molecule has 0 spiro atoms. The highest BCUT2D eigenvalue weighted by Gasteiger charge is 2.39. The molecule has 1 atom stereocenters. The number of benzene rings is 2. The van der Waals surface area contributed by atoms with Crippen molar-refractivity contribution in [3.63, 3.8) is 0 Å². The van der Waals surface area contributed by atoms with Crippen LogP contribution in [0.3, 0.4) is 0 Å². The van der Waals surface area contributed by atoms with E-state index in [1.807, 2.05) is 0 Å². The number of sulfonamides is 1. The summed E-state index contributed by atoms with van der Waals surface area (Å²) in [6.45, 7) is 3.35. The van der Waals surface area contributed by atoms with Crippen LogP contribution in [-0.2, 0) is 14.8 Å². The maximum Gasteiger partial charge on any atom is 0.446 e. The fourth-order valence-corrected chi connectivity index (χ4v) is 3.52. The zero-order valence-corrected chi connectivity index (χ0v) is 16.8. The summed E-state index contributed by atoms with van der Waals surface area (Å²) in [5.74, 6) is -0.664. The van der Waals surface area contributed by atoms with E-state index < -0.39 is 20.6 Å². The highest BCUT2D eigenvalue weighted by atomic mass is 35.5. The van der Waals surface area contributed by atoms with Gasteiger partial charge in [-0.3, -0.25) is 0 Å². The maximum absolute atomic E-state index is 12.1. The Hall–Kier alpha value is -2.82. The van der Waals surface area contributed by atoms with Gasteiger partial charge >= 0.3 is 11.9 Å². The molecule has 29 heavy (non-hydrogen) atoms. The molecule has 8 nitrogen and oxygen atoms in total. The number of hydroxylamine groups is 2. The molecule has 1 heterocycles. The van der Waals surface area contributed by atoms with Gasteiger partial charge in [-0.15, -0.1) is 0 Å². The number of nitrogens with two attached hydrogens (primary N) is 1. The summed E-state index contributed by atoms with van der Waals surface area (Å²) in [7, 11) is -2.94. The van der Waals surface area contributed by atoms with Gasteiger partial charge in [-0.1, -0.05) is 36.4 Å². The number of likely N-dealkylation sites (N-methyl/N-ethyl adjacent to an activating group) is 1. The highest BCUT2D eigenvalue weighted by Crippen LogP contribution is 2.39. The lowest BCUT2D eigenvalue weighted by atomic mass is 10.1. The molecule has 0 fully saturated rings. The average molecular weight is 435 g/mol. The number of halogens is 1. The predicted octanol–water partition coefficient (Wildman–Crippen LogP) is 3.35. The van der Waals surface area contributed by atoms with Crippen molar-refractivity contribution in [1.29, 1.82) is 0 Å². The van der Waals surface area contributed by atoms with E-state index in [2.05, 4.69) is 11.6 Å². The molecule has 3 rings (SSSR count). The highest BCUT2D eigenvalue weighted by molar-refractivity contribution is 7.89. The lowest BCUT2D eigenvalue weighted by Gasteiger charge is -2.14. The van der Waals surface area contributed by atoms with Crippen molar-refractivity contribution in [3.05, 3.63) is 66.2 Å². The van der Waals surface area contributed by atoms with Crippen LogP contribution in [0.25, 0.3) is 22.6 Å². The third kappa shape index (κ3) is 4.00. The molecule has 2 aromatic carbocycles. The minimum absolute atomic E-state index is 0.0854. The van der Waals surface area contributed by atoms with E-state index in [9.17, 15) is 18.4 Å². The fourth-order valence-electron chi connectivity index (χ4n) is 2.66. The Morgan fingerprint density at radius 2 is 1.86 bits per heavy atom. The second kappa shape index (κ2) is 7.54. The Morgan fingerprint density at radius 1 is 1.24 bits per heavy atom. The van der Waals surface area contributed by atoms with Crippen molar-refractivity contribution < 1.29 is 22.8 Å². The first kappa shape index (κ1) is 20.9. The van der Waals surface area contributed by atoms with Crippen LogP contribution in [0.5, 0.6) is 0 Å². The monoisotopic (exact) mass is 434 g/mol. The largest absolute Gasteiger partial charge is 0.446 e. The smallest absolute Gasteiger partial charge is 0.392 e. The number of amides is 1. The van der Waals surface area contributed by atoms with Gasteiger partial charge in [-0.2, -0.15) is 10.2 Å². The topological polar surface area (TPSA) is 123 Å². The van der Waals surface area contributed by atoms with Gasteiger partial charge < -0.3 is 4.42 Å². The van der Waals surface area contributed by atoms with E-state index in [-0.39, 0.29) is 27.9 Å². The Bertz CT molecular complexity index is 1200. The van der Waals surface area contributed by atoms with Gasteiger partial charge in [-0.25, -0.2) is 18.4 Å². The second-order valence-corrected chi connectivity index (χ2v) is 8.19. The van der Waals surface area contributed by atoms with Gasteiger partial charge in [0, 0.05) is 22.2 Å². The average Bonchev–Trinajstić information content (AvgIpc) is 3.13. The molecular weight excluding hydrogens is 418 g/mol. The molecule has 10 heteroatoms. The first-order chi connectivity index (χ1) is 13.6. The molecule has 0 saturated carbocycles. The molecule has 1 unspecified atom stereocenters. The van der Waals surface area contributed by atoms with Gasteiger partial charge in [0.25, 0.3) is 0 Å². The Morgan fingerprint density at radius 3 is 2.45 bits per heavy atom. The minimum Gasteiger partial charge on any atom is -0.392 e. The van der Waals surface area contributed by atoms with Crippen LogP contribution in [0.2, 0.25) is 5.02 Å². The van der Waals surface area contributed by atoms with Crippen molar-refractivity contribution >= 4 is 33.5 Å². The molecule has 3 aromatic rings. The Balaban J connectivity index is 2.33. The van der Waals surface area contributed by atoms with Gasteiger partial charge in [0.2, 0.25) is 10.0 Å². The number of rotatable bonds is 5. The quantitative estimate of drug-likeness (QED) is 0.274. The molecule has 0 radical (unpaired) electrons. The summed E-state index contributed by atoms with van der Waals surface area (Å²) in [6.07, 6.45) is 0.921. The van der Waals surface area contributed by atoms with E-state index in [1.165, 1.54) is 18.2 Å². The number of hydrogen-bond donors (Lipinski definition) is 2. The SMILES string of the molecule is C=CC(=O)[N+](C)(O)c1nc(-c2ccccc2S(N)(=O)=O)c(-c2ccc(Cl)cc2)o1. The number of aromatic nitrogens is 1. The third-order valence-electron chi connectivity index (χ3n) is 4.15. The van der Waals surface area contributed by atoms with Gasteiger partial charge in [-0.05, 0) is 35.0 Å². The molecule has 3 N–H and O–H groups in total. The van der Waals surface area contributed by atoms with E-state index in [4.69, 9.17) is 21.2 Å². The number of primary sulfonamides is 1. The summed E-state index contributed by atoms with van der Waals surface area (Å²) in [4.78, 5) is 16.1. The molecule has 0 bridgehead atoms. The summed E-state index contributed by atoms with van der Waals surface area (Å²) in [6, 6.07) is 12.0. The number of nitrogens with zero attached hydrogens (tertiary/aromatic N) is 2. The van der Waals surface area contributed by atoms with Gasteiger partial charge in [0.1, 0.15) is 12.7 Å². The Kier molecular flexibility index (Phi) is 5.44. The zero-order chi connectivity index (χ0) is 21.4. The van der Waals surface area contributed by atoms with E-state index in [0.717, 1.165) is 13.1 Å². The molecule has 0 aliphatic heterocycles. The maximum atomic E-state index is 12.1. The molecular formula is C19H17ClN3O5S+. The van der Waals surface area contributed by atoms with Crippen LogP contribution < -0.4 is 9.79 Å². The van der Waals surface area contributed by atoms with Crippen LogP contribution in [0.15, 0.2) is 70.5 Å². The number of carbonyl (C=O) groups is 1. The lowest BCUT2D eigenvalue weighted by molar-refractivity contribution is -0.153. The molecule has 150 valence electrons. The summed E-state index contributed by atoms with van der Waals surface area (Å²) in [5.41, 5.74) is 0.738.